The standard InChI is InChI=1S/C23H23F2N5O2S/c1-15(31)17-4-7-20(19(25)12-17)30-10-8-29(9-11-30)14-21-27-28-23(33-21)22(32)26-13-16-2-5-18(24)6-3-16/h2-7,12H,8-11,13-14H2,1H3,(H,26,32). The molecular weight excluding hydrogens is 448 g/mol. The van der Waals surface area contributed by atoms with Crippen molar-refractivity contribution in [2.24, 2.45) is 0 Å². The van der Waals surface area contributed by atoms with Crippen molar-refractivity contribution in [3.63, 3.8) is 0 Å². The Morgan fingerprint density at radius 2 is 1.76 bits per heavy atom. The normalized spacial score (nSPS) is 14.3. The molecule has 0 radical (unpaired) electrons. The third kappa shape index (κ3) is 5.77. The van der Waals surface area contributed by atoms with Gasteiger partial charge in [0.05, 0.1) is 12.2 Å². The summed E-state index contributed by atoms with van der Waals surface area (Å²) in [6.45, 7) is 4.95. The Bertz CT molecular complexity index is 1140. The SMILES string of the molecule is CC(=O)c1ccc(N2CCN(Cc3nnc(C(=O)NCc4ccc(F)cc4)s3)CC2)c(F)c1. The summed E-state index contributed by atoms with van der Waals surface area (Å²) in [6.07, 6.45) is 0. The van der Waals surface area contributed by atoms with E-state index >= 15 is 0 Å². The molecule has 33 heavy (non-hydrogen) atoms. The average molecular weight is 472 g/mol. The van der Waals surface area contributed by atoms with Gasteiger partial charge in [0.25, 0.3) is 5.91 Å². The summed E-state index contributed by atoms with van der Waals surface area (Å²) in [4.78, 5) is 27.9. The molecule has 1 amide bonds. The fourth-order valence-corrected chi connectivity index (χ4v) is 4.39. The van der Waals surface area contributed by atoms with Crippen LogP contribution < -0.4 is 10.2 Å². The van der Waals surface area contributed by atoms with E-state index in [1.54, 1.807) is 24.3 Å². The van der Waals surface area contributed by atoms with Crippen molar-refractivity contribution in [2.45, 2.75) is 20.0 Å². The van der Waals surface area contributed by atoms with Crippen molar-refractivity contribution >= 4 is 28.7 Å². The molecule has 4 rings (SSSR count). The van der Waals surface area contributed by atoms with Gasteiger partial charge < -0.3 is 10.2 Å². The van der Waals surface area contributed by atoms with Gasteiger partial charge in [0.15, 0.2) is 5.78 Å². The smallest absolute Gasteiger partial charge is 0.282 e. The Hall–Kier alpha value is -3.24. The number of amides is 1. The maximum Gasteiger partial charge on any atom is 0.282 e. The van der Waals surface area contributed by atoms with Crippen molar-refractivity contribution in [1.82, 2.24) is 20.4 Å². The van der Waals surface area contributed by atoms with Gasteiger partial charge in [0.1, 0.15) is 16.6 Å². The first-order valence-corrected chi connectivity index (χ1v) is 11.3. The van der Waals surface area contributed by atoms with Crippen LogP contribution >= 0.6 is 11.3 Å². The number of hydrogen-bond donors (Lipinski definition) is 1. The fourth-order valence-electron chi connectivity index (χ4n) is 3.59. The van der Waals surface area contributed by atoms with Gasteiger partial charge >= 0.3 is 0 Å². The Kier molecular flexibility index (Phi) is 7.05. The molecule has 1 aromatic heterocycles. The number of halogens is 2. The van der Waals surface area contributed by atoms with Crippen LogP contribution in [0.3, 0.4) is 0 Å². The topological polar surface area (TPSA) is 78.4 Å². The summed E-state index contributed by atoms with van der Waals surface area (Å²) >= 11 is 1.23. The third-order valence-electron chi connectivity index (χ3n) is 5.45. The minimum atomic E-state index is -0.392. The molecule has 0 saturated carbocycles. The zero-order valence-corrected chi connectivity index (χ0v) is 18.9. The number of benzene rings is 2. The highest BCUT2D eigenvalue weighted by atomic mass is 32.1. The maximum absolute atomic E-state index is 14.4. The first kappa shape index (κ1) is 22.9. The van der Waals surface area contributed by atoms with Gasteiger partial charge in [0.2, 0.25) is 5.01 Å². The van der Waals surface area contributed by atoms with Gasteiger partial charge in [-0.05, 0) is 42.8 Å². The molecule has 0 spiro atoms. The van der Waals surface area contributed by atoms with Gasteiger partial charge in [-0.1, -0.05) is 23.5 Å². The number of Topliss-reactive ketones (excluding diaryl/α,β-unsaturated/α-hetero) is 1. The maximum atomic E-state index is 14.4. The Morgan fingerprint density at radius 3 is 2.42 bits per heavy atom. The number of ketones is 1. The minimum Gasteiger partial charge on any atom is -0.367 e. The van der Waals surface area contributed by atoms with E-state index in [4.69, 9.17) is 0 Å². The van der Waals surface area contributed by atoms with Crippen LogP contribution in [0.25, 0.3) is 0 Å². The molecule has 1 aliphatic rings. The molecule has 0 unspecified atom stereocenters. The molecule has 0 atom stereocenters. The van der Waals surface area contributed by atoms with Gasteiger partial charge in [-0.25, -0.2) is 8.78 Å². The largest absolute Gasteiger partial charge is 0.367 e. The lowest BCUT2D eigenvalue weighted by Crippen LogP contribution is -2.46. The number of rotatable bonds is 7. The summed E-state index contributed by atoms with van der Waals surface area (Å²) in [5, 5.41) is 11.9. The van der Waals surface area contributed by atoms with Crippen LogP contribution in [0.1, 0.15) is 37.7 Å². The molecule has 1 fully saturated rings. The number of nitrogens with one attached hydrogen (secondary N) is 1. The van der Waals surface area contributed by atoms with Gasteiger partial charge in [-0.3, -0.25) is 14.5 Å². The zero-order chi connectivity index (χ0) is 23.4. The lowest BCUT2D eigenvalue weighted by Gasteiger charge is -2.35. The number of anilines is 1. The van der Waals surface area contributed by atoms with E-state index in [0.717, 1.165) is 10.6 Å². The molecular formula is C23H23F2N5O2S. The summed E-state index contributed by atoms with van der Waals surface area (Å²) in [7, 11) is 0. The van der Waals surface area contributed by atoms with E-state index in [-0.39, 0.29) is 29.1 Å². The van der Waals surface area contributed by atoms with Crippen molar-refractivity contribution in [3.8, 4) is 0 Å². The monoisotopic (exact) mass is 471 g/mol. The molecule has 1 aliphatic heterocycles. The van der Waals surface area contributed by atoms with Crippen LogP contribution in [0.4, 0.5) is 14.5 Å². The van der Waals surface area contributed by atoms with Crippen molar-refractivity contribution in [2.75, 3.05) is 31.1 Å². The number of carbonyl (C=O) groups is 2. The summed E-state index contributed by atoms with van der Waals surface area (Å²) in [6, 6.07) is 10.5. The lowest BCUT2D eigenvalue weighted by atomic mass is 10.1. The van der Waals surface area contributed by atoms with E-state index < -0.39 is 5.82 Å². The number of hydrogen-bond acceptors (Lipinski definition) is 7. The van der Waals surface area contributed by atoms with Crippen LogP contribution in [0.5, 0.6) is 0 Å². The van der Waals surface area contributed by atoms with Crippen LogP contribution in [0, 0.1) is 11.6 Å². The zero-order valence-electron chi connectivity index (χ0n) is 18.1. The van der Waals surface area contributed by atoms with E-state index in [0.29, 0.717) is 44.0 Å². The van der Waals surface area contributed by atoms with Crippen LogP contribution in [0.2, 0.25) is 0 Å². The summed E-state index contributed by atoms with van der Waals surface area (Å²) < 4.78 is 27.4. The summed E-state index contributed by atoms with van der Waals surface area (Å²) in [5.41, 5.74) is 1.65. The van der Waals surface area contributed by atoms with Crippen LogP contribution in [-0.4, -0.2) is 53.0 Å². The highest BCUT2D eigenvalue weighted by Gasteiger charge is 2.22. The molecule has 10 heteroatoms. The predicted molar refractivity (Wildman–Crippen MR) is 121 cm³/mol. The first-order chi connectivity index (χ1) is 15.9. The van der Waals surface area contributed by atoms with Crippen molar-refractivity contribution in [1.29, 1.82) is 0 Å². The highest BCUT2D eigenvalue weighted by Crippen LogP contribution is 2.23. The quantitative estimate of drug-likeness (QED) is 0.533. The summed E-state index contributed by atoms with van der Waals surface area (Å²) in [5.74, 6) is -1.20. The Morgan fingerprint density at radius 1 is 1.03 bits per heavy atom. The Balaban J connectivity index is 1.27. The minimum absolute atomic E-state index is 0.161. The molecule has 172 valence electrons. The fraction of sp³-hybridized carbons (Fsp3) is 0.304. The molecule has 1 saturated heterocycles. The lowest BCUT2D eigenvalue weighted by molar-refractivity contribution is 0.0948. The van der Waals surface area contributed by atoms with Gasteiger partial charge in [-0.15, -0.1) is 10.2 Å². The Labute approximate surface area is 194 Å². The molecule has 0 bridgehead atoms. The van der Waals surface area contributed by atoms with E-state index in [1.165, 1.54) is 36.5 Å². The molecule has 3 aromatic rings. The number of nitrogens with zero attached hydrogens (tertiary/aromatic N) is 4. The second kappa shape index (κ2) is 10.1. The van der Waals surface area contributed by atoms with E-state index in [1.807, 2.05) is 4.90 Å². The molecule has 0 aliphatic carbocycles. The predicted octanol–water partition coefficient (Wildman–Crippen LogP) is 3.27. The van der Waals surface area contributed by atoms with E-state index in [2.05, 4.69) is 20.4 Å². The van der Waals surface area contributed by atoms with Crippen LogP contribution in [-0.2, 0) is 13.1 Å². The average Bonchev–Trinajstić information content (AvgIpc) is 3.27. The van der Waals surface area contributed by atoms with E-state index in [9.17, 15) is 18.4 Å². The van der Waals surface area contributed by atoms with Gasteiger partial charge in [-0.2, -0.15) is 0 Å². The highest BCUT2D eigenvalue weighted by molar-refractivity contribution is 7.13. The van der Waals surface area contributed by atoms with Crippen molar-refractivity contribution in [3.05, 3.63) is 75.2 Å². The molecule has 7 nitrogen and oxygen atoms in total. The van der Waals surface area contributed by atoms with Crippen molar-refractivity contribution < 1.29 is 18.4 Å². The number of aromatic nitrogens is 2. The molecule has 1 N–H and O–H groups in total. The molecule has 2 heterocycles. The second-order valence-electron chi connectivity index (χ2n) is 7.80. The number of piperazine rings is 1. The second-order valence-corrected chi connectivity index (χ2v) is 8.86. The third-order valence-corrected chi connectivity index (χ3v) is 6.36. The number of carbonyl (C=O) groups excluding carboxylic acids is 2. The molecule has 2 aromatic carbocycles. The first-order valence-electron chi connectivity index (χ1n) is 10.5. The van der Waals surface area contributed by atoms with Crippen LogP contribution in [0.15, 0.2) is 42.5 Å². The van der Waals surface area contributed by atoms with Gasteiger partial charge in [0, 0.05) is 38.3 Å².